The van der Waals surface area contributed by atoms with Gasteiger partial charge < -0.3 is 24.8 Å². The number of hydrogen-bond acceptors (Lipinski definition) is 4. The van der Waals surface area contributed by atoms with Gasteiger partial charge in [0.05, 0.1) is 30.6 Å². The minimum Gasteiger partial charge on any atom is -0.494 e. The third-order valence-corrected chi connectivity index (χ3v) is 7.62. The van der Waals surface area contributed by atoms with E-state index in [1.165, 1.54) is 5.56 Å². The summed E-state index contributed by atoms with van der Waals surface area (Å²) in [6.07, 6.45) is 2.19. The maximum Gasteiger partial charge on any atom is 0.224 e. The fourth-order valence-electron chi connectivity index (χ4n) is 5.39. The summed E-state index contributed by atoms with van der Waals surface area (Å²) < 4.78 is 7.98. The molecule has 39 heavy (non-hydrogen) atoms. The topological polar surface area (TPSA) is 71.4 Å². The van der Waals surface area contributed by atoms with Crippen LogP contribution in [0.1, 0.15) is 53.6 Å². The number of anilines is 2. The van der Waals surface area contributed by atoms with E-state index in [9.17, 15) is 4.79 Å². The van der Waals surface area contributed by atoms with E-state index in [-0.39, 0.29) is 18.0 Å². The van der Waals surface area contributed by atoms with Crippen LogP contribution in [0.2, 0.25) is 0 Å². The standard InChI is InChI=1S/C31H33N5O2S/c1-6-28(37)33-24-15-14-22(18-27(24)38-5)36-30(29(34-31(36)39)25-12-9-10-16-32-25)23-17-20(3)35(21(23)4)26-13-8-7-11-19(26)2/h7-18,29-30H,6H2,1-5H3,(H,33,37)(H,34,39). The van der Waals surface area contributed by atoms with Crippen LogP contribution in [0.3, 0.4) is 0 Å². The first-order valence-electron chi connectivity index (χ1n) is 13.1. The van der Waals surface area contributed by atoms with E-state index in [0.717, 1.165) is 34.0 Å². The number of nitrogens with zero attached hydrogens (tertiary/aromatic N) is 3. The predicted molar refractivity (Wildman–Crippen MR) is 160 cm³/mol. The molecule has 8 heteroatoms. The van der Waals surface area contributed by atoms with Gasteiger partial charge in [-0.2, -0.15) is 0 Å². The van der Waals surface area contributed by atoms with Crippen molar-refractivity contribution in [1.29, 1.82) is 0 Å². The first-order chi connectivity index (χ1) is 18.8. The molecule has 1 aliphatic heterocycles. The van der Waals surface area contributed by atoms with E-state index in [4.69, 9.17) is 21.9 Å². The van der Waals surface area contributed by atoms with Crippen LogP contribution in [0.25, 0.3) is 5.69 Å². The number of benzene rings is 2. The zero-order chi connectivity index (χ0) is 27.7. The summed E-state index contributed by atoms with van der Waals surface area (Å²) in [4.78, 5) is 18.9. The molecule has 2 N–H and O–H groups in total. The summed E-state index contributed by atoms with van der Waals surface area (Å²) in [6.45, 7) is 8.25. The Morgan fingerprint density at radius 1 is 1.08 bits per heavy atom. The minimum atomic E-state index is -0.171. The average Bonchev–Trinajstić information content (AvgIpc) is 3.44. The third kappa shape index (κ3) is 4.88. The van der Waals surface area contributed by atoms with Crippen molar-refractivity contribution in [2.24, 2.45) is 0 Å². The Kier molecular flexibility index (Phi) is 7.39. The van der Waals surface area contributed by atoms with Crippen molar-refractivity contribution in [3.63, 3.8) is 0 Å². The number of aromatic nitrogens is 2. The molecular weight excluding hydrogens is 506 g/mol. The molecule has 2 unspecified atom stereocenters. The van der Waals surface area contributed by atoms with Gasteiger partial charge in [0.15, 0.2) is 5.11 Å². The van der Waals surface area contributed by atoms with Crippen LogP contribution >= 0.6 is 12.2 Å². The molecule has 0 radical (unpaired) electrons. The Morgan fingerprint density at radius 2 is 1.85 bits per heavy atom. The van der Waals surface area contributed by atoms with Crippen molar-refractivity contribution < 1.29 is 9.53 Å². The van der Waals surface area contributed by atoms with Crippen LogP contribution in [0.15, 0.2) is 72.9 Å². The van der Waals surface area contributed by atoms with E-state index >= 15 is 0 Å². The average molecular weight is 540 g/mol. The molecule has 1 saturated heterocycles. The van der Waals surface area contributed by atoms with E-state index in [0.29, 0.717) is 23.0 Å². The molecular formula is C31H33N5O2S. The number of hydrogen-bond donors (Lipinski definition) is 2. The fourth-order valence-corrected chi connectivity index (χ4v) is 5.74. The number of para-hydroxylation sites is 1. The largest absolute Gasteiger partial charge is 0.494 e. The number of nitrogens with one attached hydrogen (secondary N) is 2. The van der Waals surface area contributed by atoms with Gasteiger partial charge in [0.2, 0.25) is 5.91 Å². The lowest BCUT2D eigenvalue weighted by Crippen LogP contribution is -2.29. The van der Waals surface area contributed by atoms with E-state index < -0.39 is 0 Å². The van der Waals surface area contributed by atoms with Crippen LogP contribution < -0.4 is 20.3 Å². The summed E-state index contributed by atoms with van der Waals surface area (Å²) in [5, 5.41) is 7.06. The number of aryl methyl sites for hydroxylation is 2. The van der Waals surface area contributed by atoms with Crippen LogP contribution in [0.5, 0.6) is 5.75 Å². The smallest absolute Gasteiger partial charge is 0.224 e. The Morgan fingerprint density at radius 3 is 2.54 bits per heavy atom. The summed E-state index contributed by atoms with van der Waals surface area (Å²) in [6, 6.07) is 22.0. The highest BCUT2D eigenvalue weighted by molar-refractivity contribution is 7.80. The van der Waals surface area contributed by atoms with Gasteiger partial charge >= 0.3 is 0 Å². The maximum absolute atomic E-state index is 12.1. The van der Waals surface area contributed by atoms with Gasteiger partial charge in [0, 0.05) is 41.4 Å². The second-order valence-electron chi connectivity index (χ2n) is 9.73. The van der Waals surface area contributed by atoms with Gasteiger partial charge in [-0.3, -0.25) is 9.78 Å². The first-order valence-corrected chi connectivity index (χ1v) is 13.5. The van der Waals surface area contributed by atoms with Crippen molar-refractivity contribution >= 4 is 34.6 Å². The van der Waals surface area contributed by atoms with Gasteiger partial charge in [0.1, 0.15) is 5.75 Å². The number of amides is 1. The normalized spacial score (nSPS) is 16.7. The SMILES string of the molecule is CCC(=O)Nc1ccc(N2C(=S)NC(c3ccccn3)C2c2cc(C)n(-c3ccccc3C)c2C)cc1OC. The molecule has 2 aromatic carbocycles. The number of ether oxygens (including phenoxy) is 1. The van der Waals surface area contributed by atoms with Crippen molar-refractivity contribution in [3.05, 3.63) is 101 Å². The van der Waals surface area contributed by atoms with Crippen LogP contribution in [0, 0.1) is 20.8 Å². The molecule has 1 fully saturated rings. The van der Waals surface area contributed by atoms with Gasteiger partial charge in [-0.05, 0) is 80.5 Å². The number of thiocarbonyl (C=S) groups is 1. The van der Waals surface area contributed by atoms with Crippen molar-refractivity contribution in [2.45, 2.75) is 46.2 Å². The van der Waals surface area contributed by atoms with Crippen LogP contribution in [0.4, 0.5) is 11.4 Å². The van der Waals surface area contributed by atoms with Crippen molar-refractivity contribution in [2.75, 3.05) is 17.3 Å². The van der Waals surface area contributed by atoms with Gasteiger partial charge in [0.25, 0.3) is 0 Å². The monoisotopic (exact) mass is 539 g/mol. The molecule has 0 aliphatic carbocycles. The van der Waals surface area contributed by atoms with E-state index in [2.05, 4.69) is 71.2 Å². The quantitative estimate of drug-likeness (QED) is 0.267. The molecule has 200 valence electrons. The molecule has 5 rings (SSSR count). The molecule has 1 aliphatic rings. The highest BCUT2D eigenvalue weighted by Crippen LogP contribution is 2.45. The highest BCUT2D eigenvalue weighted by Gasteiger charge is 2.42. The molecule has 4 aromatic rings. The maximum atomic E-state index is 12.1. The van der Waals surface area contributed by atoms with Crippen LogP contribution in [-0.2, 0) is 4.79 Å². The number of rotatable bonds is 7. The van der Waals surface area contributed by atoms with E-state index in [1.807, 2.05) is 49.5 Å². The Hall–Kier alpha value is -4.17. The highest BCUT2D eigenvalue weighted by atomic mass is 32.1. The molecule has 0 spiro atoms. The third-order valence-electron chi connectivity index (χ3n) is 7.30. The molecule has 0 bridgehead atoms. The Labute approximate surface area is 234 Å². The lowest BCUT2D eigenvalue weighted by Gasteiger charge is -2.29. The minimum absolute atomic E-state index is 0.0730. The first kappa shape index (κ1) is 26.4. The Balaban J connectivity index is 1.66. The molecule has 2 atom stereocenters. The summed E-state index contributed by atoms with van der Waals surface area (Å²) in [5.41, 5.74) is 8.20. The number of carbonyl (C=O) groups is 1. The van der Waals surface area contributed by atoms with Crippen molar-refractivity contribution in [3.8, 4) is 11.4 Å². The van der Waals surface area contributed by atoms with E-state index in [1.54, 1.807) is 7.11 Å². The summed E-state index contributed by atoms with van der Waals surface area (Å²) in [7, 11) is 1.60. The van der Waals surface area contributed by atoms with Crippen molar-refractivity contribution in [1.82, 2.24) is 14.9 Å². The molecule has 7 nitrogen and oxygen atoms in total. The number of carbonyl (C=O) groups excluding carboxylic acids is 1. The van der Waals surface area contributed by atoms with Gasteiger partial charge in [-0.1, -0.05) is 31.2 Å². The zero-order valence-corrected chi connectivity index (χ0v) is 23.7. The fraction of sp³-hybridized carbons (Fsp3) is 0.258. The number of pyridine rings is 1. The zero-order valence-electron chi connectivity index (χ0n) is 22.9. The van der Waals surface area contributed by atoms with Gasteiger partial charge in [-0.25, -0.2) is 0 Å². The number of methoxy groups -OCH3 is 1. The molecule has 1 amide bonds. The molecule has 3 heterocycles. The predicted octanol–water partition coefficient (Wildman–Crippen LogP) is 6.33. The second kappa shape index (κ2) is 10.9. The summed E-state index contributed by atoms with van der Waals surface area (Å²) in [5.74, 6) is 0.499. The van der Waals surface area contributed by atoms with Crippen LogP contribution in [-0.4, -0.2) is 27.7 Å². The molecule has 2 aromatic heterocycles. The van der Waals surface area contributed by atoms with Gasteiger partial charge in [-0.15, -0.1) is 0 Å². The lowest BCUT2D eigenvalue weighted by atomic mass is 9.96. The molecule has 0 saturated carbocycles. The lowest BCUT2D eigenvalue weighted by molar-refractivity contribution is -0.115. The Bertz CT molecular complexity index is 1530. The second-order valence-corrected chi connectivity index (χ2v) is 10.1. The summed E-state index contributed by atoms with van der Waals surface area (Å²) >= 11 is 5.94.